The molecule has 0 aliphatic rings. The van der Waals surface area contributed by atoms with Crippen molar-refractivity contribution < 1.29 is 0 Å². The summed E-state index contributed by atoms with van der Waals surface area (Å²) < 4.78 is 1.74. The monoisotopic (exact) mass is 284 g/mol. The Kier molecular flexibility index (Phi) is 3.65. The maximum atomic E-state index is 5.98. The molecular formula is C15H13ClN4. The maximum Gasteiger partial charge on any atom is 0.176 e. The molecule has 0 unspecified atom stereocenters. The molecule has 0 aliphatic carbocycles. The minimum absolute atomic E-state index is 0.681. The van der Waals surface area contributed by atoms with Gasteiger partial charge in [-0.2, -0.15) is 5.10 Å². The van der Waals surface area contributed by atoms with Crippen molar-refractivity contribution in [1.82, 2.24) is 14.8 Å². The van der Waals surface area contributed by atoms with E-state index in [1.165, 1.54) is 0 Å². The van der Waals surface area contributed by atoms with E-state index in [0.717, 1.165) is 22.1 Å². The van der Waals surface area contributed by atoms with E-state index in [-0.39, 0.29) is 0 Å². The van der Waals surface area contributed by atoms with E-state index >= 15 is 0 Å². The molecule has 0 bridgehead atoms. The van der Waals surface area contributed by atoms with Crippen LogP contribution in [0.3, 0.4) is 0 Å². The van der Waals surface area contributed by atoms with Crippen LogP contribution >= 0.6 is 11.6 Å². The van der Waals surface area contributed by atoms with Gasteiger partial charge in [0.25, 0.3) is 0 Å². The summed E-state index contributed by atoms with van der Waals surface area (Å²) >= 11 is 5.98. The fourth-order valence-electron chi connectivity index (χ4n) is 1.96. The Balaban J connectivity index is 1.81. The molecular weight excluding hydrogens is 272 g/mol. The molecule has 0 atom stereocenters. The Morgan fingerprint density at radius 1 is 1.10 bits per heavy atom. The Morgan fingerprint density at radius 3 is 2.85 bits per heavy atom. The highest BCUT2D eigenvalue weighted by Gasteiger charge is 2.05. The Morgan fingerprint density at radius 2 is 2.05 bits per heavy atom. The average Bonchev–Trinajstić information content (AvgIpc) is 3.00. The molecule has 0 saturated heterocycles. The first-order chi connectivity index (χ1) is 9.83. The van der Waals surface area contributed by atoms with Crippen molar-refractivity contribution in [2.45, 2.75) is 6.54 Å². The first-order valence-electron chi connectivity index (χ1n) is 6.26. The summed E-state index contributed by atoms with van der Waals surface area (Å²) in [6.07, 6.45) is 5.35. The third-order valence-electron chi connectivity index (χ3n) is 2.88. The lowest BCUT2D eigenvalue weighted by atomic mass is 10.2. The van der Waals surface area contributed by atoms with Gasteiger partial charge in [0.1, 0.15) is 0 Å². The molecule has 1 N–H and O–H groups in total. The van der Waals surface area contributed by atoms with Crippen LogP contribution in [0.4, 0.5) is 5.69 Å². The van der Waals surface area contributed by atoms with E-state index in [2.05, 4.69) is 15.4 Å². The molecule has 3 aromatic rings. The van der Waals surface area contributed by atoms with Gasteiger partial charge >= 0.3 is 0 Å². The highest BCUT2D eigenvalue weighted by molar-refractivity contribution is 6.30. The summed E-state index contributed by atoms with van der Waals surface area (Å²) in [5.74, 6) is 0.777. The summed E-state index contributed by atoms with van der Waals surface area (Å²) in [4.78, 5) is 4.36. The molecule has 0 radical (unpaired) electrons. The highest BCUT2D eigenvalue weighted by Crippen LogP contribution is 2.18. The van der Waals surface area contributed by atoms with Crippen molar-refractivity contribution in [1.29, 1.82) is 0 Å². The normalized spacial score (nSPS) is 10.4. The van der Waals surface area contributed by atoms with Gasteiger partial charge in [-0.25, -0.2) is 9.67 Å². The summed E-state index contributed by atoms with van der Waals surface area (Å²) in [6.45, 7) is 0.681. The second kappa shape index (κ2) is 5.75. The molecule has 0 fully saturated rings. The van der Waals surface area contributed by atoms with Crippen LogP contribution in [0.15, 0.2) is 61.1 Å². The minimum atomic E-state index is 0.681. The smallest absolute Gasteiger partial charge is 0.176 e. The summed E-state index contributed by atoms with van der Waals surface area (Å²) in [7, 11) is 0. The first kappa shape index (κ1) is 12.7. The summed E-state index contributed by atoms with van der Waals surface area (Å²) in [5, 5.41) is 8.31. The van der Waals surface area contributed by atoms with Crippen molar-refractivity contribution in [2.24, 2.45) is 0 Å². The largest absolute Gasteiger partial charge is 0.378 e. The number of nitrogens with one attached hydrogen (secondary N) is 1. The van der Waals surface area contributed by atoms with Gasteiger partial charge in [0.05, 0.1) is 5.69 Å². The lowest BCUT2D eigenvalue weighted by Crippen LogP contribution is -2.06. The van der Waals surface area contributed by atoms with Gasteiger partial charge < -0.3 is 5.32 Å². The Hall–Kier alpha value is -2.33. The fourth-order valence-corrected chi connectivity index (χ4v) is 2.17. The van der Waals surface area contributed by atoms with Crippen LogP contribution in [0.1, 0.15) is 5.56 Å². The summed E-state index contributed by atoms with van der Waals surface area (Å²) in [5.41, 5.74) is 2.05. The van der Waals surface area contributed by atoms with Gasteiger partial charge in [-0.05, 0) is 35.9 Å². The van der Waals surface area contributed by atoms with Crippen molar-refractivity contribution >= 4 is 17.3 Å². The van der Waals surface area contributed by atoms with E-state index in [1.54, 1.807) is 17.1 Å². The molecule has 20 heavy (non-hydrogen) atoms. The van der Waals surface area contributed by atoms with E-state index < -0.39 is 0 Å². The number of rotatable bonds is 4. The number of hydrogen-bond donors (Lipinski definition) is 1. The molecule has 2 heterocycles. The molecule has 5 heteroatoms. The van der Waals surface area contributed by atoms with Gasteiger partial charge in [0.2, 0.25) is 0 Å². The van der Waals surface area contributed by atoms with Crippen LogP contribution in [0, 0.1) is 0 Å². The number of benzene rings is 1. The van der Waals surface area contributed by atoms with E-state index in [4.69, 9.17) is 11.6 Å². The molecule has 3 rings (SSSR count). The maximum absolute atomic E-state index is 5.98. The topological polar surface area (TPSA) is 42.7 Å². The van der Waals surface area contributed by atoms with Crippen LogP contribution in [0.2, 0.25) is 5.02 Å². The number of pyridine rings is 1. The lowest BCUT2D eigenvalue weighted by Gasteiger charge is -2.11. The number of hydrogen-bond acceptors (Lipinski definition) is 3. The molecule has 0 saturated carbocycles. The van der Waals surface area contributed by atoms with Crippen molar-refractivity contribution in [3.63, 3.8) is 0 Å². The Labute approximate surface area is 122 Å². The van der Waals surface area contributed by atoms with Crippen LogP contribution < -0.4 is 5.32 Å². The number of nitrogens with zero attached hydrogens (tertiary/aromatic N) is 3. The van der Waals surface area contributed by atoms with Crippen LogP contribution in [0.5, 0.6) is 0 Å². The Bertz CT molecular complexity index is 695. The van der Waals surface area contributed by atoms with E-state index in [1.807, 2.05) is 48.7 Å². The zero-order valence-electron chi connectivity index (χ0n) is 10.7. The second-order valence-corrected chi connectivity index (χ2v) is 4.75. The predicted octanol–water partition coefficient (Wildman–Crippen LogP) is 3.53. The molecule has 0 spiro atoms. The third-order valence-corrected chi connectivity index (χ3v) is 3.12. The molecule has 0 aliphatic heterocycles. The summed E-state index contributed by atoms with van der Waals surface area (Å²) in [6, 6.07) is 13.5. The molecule has 4 nitrogen and oxygen atoms in total. The van der Waals surface area contributed by atoms with Crippen LogP contribution in [-0.4, -0.2) is 14.8 Å². The predicted molar refractivity (Wildman–Crippen MR) is 80.1 cm³/mol. The lowest BCUT2D eigenvalue weighted by molar-refractivity contribution is 0.846. The number of anilines is 1. The second-order valence-electron chi connectivity index (χ2n) is 4.31. The minimum Gasteiger partial charge on any atom is -0.378 e. The van der Waals surface area contributed by atoms with E-state index in [9.17, 15) is 0 Å². The number of halogens is 1. The van der Waals surface area contributed by atoms with Gasteiger partial charge in [-0.3, -0.25) is 0 Å². The van der Waals surface area contributed by atoms with Gasteiger partial charge in [0, 0.05) is 30.2 Å². The molecule has 1 aromatic carbocycles. The first-order valence-corrected chi connectivity index (χ1v) is 6.64. The zero-order chi connectivity index (χ0) is 13.8. The number of aromatic nitrogens is 3. The molecule has 100 valence electrons. The molecule has 2 aromatic heterocycles. The van der Waals surface area contributed by atoms with Crippen LogP contribution in [0.25, 0.3) is 5.82 Å². The molecule has 0 amide bonds. The van der Waals surface area contributed by atoms with Gasteiger partial charge in [0.15, 0.2) is 5.82 Å². The van der Waals surface area contributed by atoms with Gasteiger partial charge in [-0.15, -0.1) is 0 Å². The van der Waals surface area contributed by atoms with Crippen molar-refractivity contribution in [2.75, 3.05) is 5.32 Å². The van der Waals surface area contributed by atoms with Crippen LogP contribution in [-0.2, 0) is 6.54 Å². The SMILES string of the molecule is Clc1cccc(CNc2cccnc2-n2cccn2)c1. The quantitative estimate of drug-likeness (QED) is 0.797. The van der Waals surface area contributed by atoms with Gasteiger partial charge in [-0.1, -0.05) is 23.7 Å². The fraction of sp³-hybridized carbons (Fsp3) is 0.0667. The highest BCUT2D eigenvalue weighted by atomic mass is 35.5. The zero-order valence-corrected chi connectivity index (χ0v) is 11.5. The van der Waals surface area contributed by atoms with E-state index in [0.29, 0.717) is 6.54 Å². The average molecular weight is 285 g/mol. The standard InChI is InChI=1S/C15H13ClN4/c16-13-5-1-4-12(10-13)11-18-14-6-2-7-17-15(14)20-9-3-8-19-20/h1-10,18H,11H2. The van der Waals surface area contributed by atoms with Crippen molar-refractivity contribution in [3.8, 4) is 5.82 Å². The van der Waals surface area contributed by atoms with Crippen molar-refractivity contribution in [3.05, 3.63) is 71.6 Å². The third kappa shape index (κ3) is 2.81.